The maximum absolute atomic E-state index is 12.4. The molecule has 2 unspecified atom stereocenters. The molecule has 1 N–H and O–H groups in total. The number of benzene rings is 1. The van der Waals surface area contributed by atoms with Crippen molar-refractivity contribution in [3.8, 4) is 0 Å². The van der Waals surface area contributed by atoms with Crippen LogP contribution in [-0.2, 0) is 9.84 Å². The third-order valence-corrected chi connectivity index (χ3v) is 4.50. The van der Waals surface area contributed by atoms with Crippen LogP contribution in [0.4, 0.5) is 0 Å². The molecule has 0 bridgehead atoms. The minimum absolute atomic E-state index is 0.0507. The van der Waals surface area contributed by atoms with Gasteiger partial charge in [0.05, 0.1) is 4.90 Å². The predicted octanol–water partition coefficient (Wildman–Crippen LogP) is 0.913. The Kier molecular flexibility index (Phi) is 4.15. The fourth-order valence-electron chi connectivity index (χ4n) is 2.52. The van der Waals surface area contributed by atoms with Gasteiger partial charge in [-0.15, -0.1) is 0 Å². The molecule has 1 saturated heterocycles. The van der Waals surface area contributed by atoms with Crippen LogP contribution in [0.1, 0.15) is 24.2 Å². The Morgan fingerprint density at radius 3 is 2.10 bits per heavy atom. The Balaban J connectivity index is 2.17. The molecule has 5 nitrogen and oxygen atoms in total. The van der Waals surface area contributed by atoms with Crippen LogP contribution in [-0.4, -0.2) is 50.7 Å². The van der Waals surface area contributed by atoms with Gasteiger partial charge in [0.1, 0.15) is 0 Å². The van der Waals surface area contributed by atoms with E-state index in [2.05, 4.69) is 5.32 Å². The highest BCUT2D eigenvalue weighted by atomic mass is 32.2. The summed E-state index contributed by atoms with van der Waals surface area (Å²) >= 11 is 0. The van der Waals surface area contributed by atoms with Gasteiger partial charge in [-0.1, -0.05) is 0 Å². The zero-order chi connectivity index (χ0) is 14.9. The molecule has 1 fully saturated rings. The van der Waals surface area contributed by atoms with Gasteiger partial charge in [-0.25, -0.2) is 8.42 Å². The van der Waals surface area contributed by atoms with Crippen LogP contribution >= 0.6 is 0 Å². The van der Waals surface area contributed by atoms with E-state index in [4.69, 9.17) is 0 Å². The lowest BCUT2D eigenvalue weighted by Crippen LogP contribution is -2.55. The van der Waals surface area contributed by atoms with Crippen molar-refractivity contribution in [3.05, 3.63) is 29.8 Å². The van der Waals surface area contributed by atoms with Crippen molar-refractivity contribution in [2.75, 3.05) is 19.3 Å². The van der Waals surface area contributed by atoms with Gasteiger partial charge in [0, 0.05) is 37.0 Å². The van der Waals surface area contributed by atoms with E-state index in [1.54, 1.807) is 17.0 Å². The first-order valence-corrected chi connectivity index (χ1v) is 8.52. The summed E-state index contributed by atoms with van der Waals surface area (Å²) in [5.41, 5.74) is 0.527. The zero-order valence-corrected chi connectivity index (χ0v) is 12.8. The normalized spacial score (nSPS) is 23.6. The Labute approximate surface area is 119 Å². The average molecular weight is 296 g/mol. The Bertz CT molecular complexity index is 585. The second kappa shape index (κ2) is 5.54. The number of hydrogen-bond acceptors (Lipinski definition) is 4. The van der Waals surface area contributed by atoms with Crippen LogP contribution in [0.15, 0.2) is 29.2 Å². The second-order valence-corrected chi connectivity index (χ2v) is 7.49. The molecule has 0 radical (unpaired) electrons. The first-order valence-electron chi connectivity index (χ1n) is 6.63. The van der Waals surface area contributed by atoms with Gasteiger partial charge >= 0.3 is 0 Å². The molecule has 1 aromatic rings. The number of rotatable bonds is 2. The summed E-state index contributed by atoms with van der Waals surface area (Å²) in [5.74, 6) is -0.0507. The lowest BCUT2D eigenvalue weighted by atomic mass is 10.1. The minimum Gasteiger partial charge on any atom is -0.336 e. The summed E-state index contributed by atoms with van der Waals surface area (Å²) in [6.45, 7) is 5.42. The molecule has 1 amide bonds. The van der Waals surface area contributed by atoms with Crippen molar-refractivity contribution in [3.63, 3.8) is 0 Å². The Morgan fingerprint density at radius 1 is 1.15 bits per heavy atom. The topological polar surface area (TPSA) is 66.5 Å². The van der Waals surface area contributed by atoms with E-state index in [9.17, 15) is 13.2 Å². The monoisotopic (exact) mass is 296 g/mol. The number of carbonyl (C=O) groups is 1. The number of carbonyl (C=O) groups excluding carboxylic acids is 1. The highest BCUT2D eigenvalue weighted by Gasteiger charge is 2.25. The molecule has 0 spiro atoms. The van der Waals surface area contributed by atoms with Gasteiger partial charge < -0.3 is 10.2 Å². The molecule has 1 aliphatic heterocycles. The molecule has 20 heavy (non-hydrogen) atoms. The maximum Gasteiger partial charge on any atom is 0.253 e. The zero-order valence-electron chi connectivity index (χ0n) is 12.0. The molecule has 0 saturated carbocycles. The number of hydrogen-bond donors (Lipinski definition) is 1. The summed E-state index contributed by atoms with van der Waals surface area (Å²) in [6, 6.07) is 6.65. The quantitative estimate of drug-likeness (QED) is 0.881. The second-order valence-electron chi connectivity index (χ2n) is 5.48. The van der Waals surface area contributed by atoms with E-state index >= 15 is 0 Å². The van der Waals surface area contributed by atoms with Crippen LogP contribution in [0.25, 0.3) is 0 Å². The highest BCUT2D eigenvalue weighted by molar-refractivity contribution is 7.90. The average Bonchev–Trinajstić information content (AvgIpc) is 2.36. The smallest absolute Gasteiger partial charge is 0.253 e. The fraction of sp³-hybridized carbons (Fsp3) is 0.500. The van der Waals surface area contributed by atoms with Crippen molar-refractivity contribution in [1.82, 2.24) is 10.2 Å². The number of nitrogens with zero attached hydrogens (tertiary/aromatic N) is 1. The minimum atomic E-state index is -3.22. The summed E-state index contributed by atoms with van der Waals surface area (Å²) in [7, 11) is -3.22. The largest absolute Gasteiger partial charge is 0.336 e. The van der Waals surface area contributed by atoms with Crippen molar-refractivity contribution in [1.29, 1.82) is 0 Å². The standard InChI is InChI=1S/C14H20N2O3S/c1-10-8-16(9-11(2)15-10)14(17)12-4-6-13(7-5-12)20(3,18)19/h4-7,10-11,15H,8-9H2,1-3H3. The molecular weight excluding hydrogens is 276 g/mol. The Morgan fingerprint density at radius 2 is 1.65 bits per heavy atom. The summed E-state index contributed by atoms with van der Waals surface area (Å²) in [6.07, 6.45) is 1.16. The van der Waals surface area contributed by atoms with Crippen LogP contribution in [0.5, 0.6) is 0 Å². The van der Waals surface area contributed by atoms with E-state index in [1.807, 2.05) is 13.8 Å². The van der Waals surface area contributed by atoms with Crippen molar-refractivity contribution >= 4 is 15.7 Å². The number of amides is 1. The summed E-state index contributed by atoms with van der Waals surface area (Å²) in [4.78, 5) is 14.4. The molecule has 2 atom stereocenters. The fourth-order valence-corrected chi connectivity index (χ4v) is 3.15. The van der Waals surface area contributed by atoms with Gasteiger partial charge in [0.25, 0.3) is 5.91 Å². The summed E-state index contributed by atoms with van der Waals surface area (Å²) < 4.78 is 22.8. The SMILES string of the molecule is CC1CN(C(=O)c2ccc(S(C)(=O)=O)cc2)CC(C)N1. The lowest BCUT2D eigenvalue weighted by Gasteiger charge is -2.36. The molecule has 0 aromatic heterocycles. The van der Waals surface area contributed by atoms with Gasteiger partial charge in [-0.2, -0.15) is 0 Å². The number of piperazine rings is 1. The first-order chi connectivity index (χ1) is 9.27. The molecular formula is C14H20N2O3S. The number of nitrogens with one attached hydrogen (secondary N) is 1. The molecule has 1 aliphatic rings. The van der Waals surface area contributed by atoms with Gasteiger partial charge in [-0.3, -0.25) is 4.79 Å². The van der Waals surface area contributed by atoms with Crippen LogP contribution in [0, 0.1) is 0 Å². The maximum atomic E-state index is 12.4. The van der Waals surface area contributed by atoms with Crippen molar-refractivity contribution in [2.24, 2.45) is 0 Å². The van der Waals surface area contributed by atoms with Crippen LogP contribution < -0.4 is 5.32 Å². The van der Waals surface area contributed by atoms with Gasteiger partial charge in [0.2, 0.25) is 0 Å². The van der Waals surface area contributed by atoms with Gasteiger partial charge in [-0.05, 0) is 38.1 Å². The van der Waals surface area contributed by atoms with E-state index in [0.29, 0.717) is 18.7 Å². The molecule has 1 aromatic carbocycles. The molecule has 6 heteroatoms. The molecule has 2 rings (SSSR count). The third kappa shape index (κ3) is 3.37. The first kappa shape index (κ1) is 15.0. The van der Waals surface area contributed by atoms with E-state index in [1.165, 1.54) is 12.1 Å². The summed E-state index contributed by atoms with van der Waals surface area (Å²) in [5, 5.41) is 3.37. The van der Waals surface area contributed by atoms with Crippen LogP contribution in [0.3, 0.4) is 0 Å². The lowest BCUT2D eigenvalue weighted by molar-refractivity contribution is 0.0673. The van der Waals surface area contributed by atoms with E-state index < -0.39 is 9.84 Å². The van der Waals surface area contributed by atoms with E-state index in [-0.39, 0.29) is 22.9 Å². The molecule has 1 heterocycles. The van der Waals surface area contributed by atoms with Crippen molar-refractivity contribution < 1.29 is 13.2 Å². The van der Waals surface area contributed by atoms with Crippen LogP contribution in [0.2, 0.25) is 0 Å². The van der Waals surface area contributed by atoms with E-state index in [0.717, 1.165) is 6.26 Å². The molecule has 110 valence electrons. The third-order valence-electron chi connectivity index (χ3n) is 3.37. The van der Waals surface area contributed by atoms with Crippen molar-refractivity contribution in [2.45, 2.75) is 30.8 Å². The number of sulfone groups is 1. The highest BCUT2D eigenvalue weighted by Crippen LogP contribution is 2.14. The Hall–Kier alpha value is -1.40. The van der Waals surface area contributed by atoms with Gasteiger partial charge in [0.15, 0.2) is 9.84 Å². The predicted molar refractivity (Wildman–Crippen MR) is 77.5 cm³/mol. The molecule has 0 aliphatic carbocycles.